The number of aromatic nitrogens is 2. The fourth-order valence-electron chi connectivity index (χ4n) is 5.01. The highest BCUT2D eigenvalue weighted by molar-refractivity contribution is 5.99. The molecular formula is C27H31FN4O2. The van der Waals surface area contributed by atoms with E-state index >= 15 is 4.39 Å². The average Bonchev–Trinajstić information content (AvgIpc) is 3.43. The minimum Gasteiger partial charge on any atom is -0.378 e. The SMILES string of the molecule is O=C(c1cnc(N2CCOCC2)nc1C1=C(F)CCC=C1)N(Cc1ccccc1)C1CCCC1. The van der Waals surface area contributed by atoms with Gasteiger partial charge in [-0.25, -0.2) is 14.4 Å². The van der Waals surface area contributed by atoms with Crippen LogP contribution in [0.3, 0.4) is 0 Å². The summed E-state index contributed by atoms with van der Waals surface area (Å²) in [6.07, 6.45) is 10.5. The normalized spacial score (nSPS) is 19.0. The average molecular weight is 463 g/mol. The van der Waals surface area contributed by atoms with E-state index in [2.05, 4.69) is 4.98 Å². The Morgan fingerprint density at radius 1 is 1.15 bits per heavy atom. The zero-order chi connectivity index (χ0) is 23.3. The predicted octanol–water partition coefficient (Wildman–Crippen LogP) is 4.93. The molecule has 34 heavy (non-hydrogen) atoms. The van der Waals surface area contributed by atoms with Gasteiger partial charge in [0.25, 0.3) is 5.91 Å². The summed E-state index contributed by atoms with van der Waals surface area (Å²) in [6.45, 7) is 3.07. The molecule has 1 aliphatic heterocycles. The van der Waals surface area contributed by atoms with Gasteiger partial charge in [0.05, 0.1) is 24.5 Å². The van der Waals surface area contributed by atoms with Crippen molar-refractivity contribution >= 4 is 17.4 Å². The molecule has 1 saturated carbocycles. The van der Waals surface area contributed by atoms with Gasteiger partial charge in [-0.3, -0.25) is 4.79 Å². The first-order valence-electron chi connectivity index (χ1n) is 12.3. The number of halogens is 1. The van der Waals surface area contributed by atoms with Crippen molar-refractivity contribution in [3.63, 3.8) is 0 Å². The van der Waals surface area contributed by atoms with Gasteiger partial charge in [0, 0.05) is 43.9 Å². The highest BCUT2D eigenvalue weighted by atomic mass is 19.1. The van der Waals surface area contributed by atoms with Crippen LogP contribution in [0.1, 0.15) is 60.1 Å². The minimum atomic E-state index is -0.223. The Bertz CT molecular complexity index is 1070. The number of hydrogen-bond donors (Lipinski definition) is 0. The number of allylic oxidation sites excluding steroid dienone is 4. The Labute approximate surface area is 200 Å². The second kappa shape index (κ2) is 10.5. The van der Waals surface area contributed by atoms with Gasteiger partial charge >= 0.3 is 0 Å². The van der Waals surface area contributed by atoms with E-state index in [1.54, 1.807) is 12.3 Å². The van der Waals surface area contributed by atoms with Crippen molar-refractivity contribution in [3.05, 3.63) is 71.3 Å². The summed E-state index contributed by atoms with van der Waals surface area (Å²) in [5.74, 6) is 0.168. The molecule has 2 aromatic rings. The monoisotopic (exact) mass is 462 g/mol. The molecule has 1 aromatic heterocycles. The van der Waals surface area contributed by atoms with Crippen molar-refractivity contribution < 1.29 is 13.9 Å². The molecule has 1 aromatic carbocycles. The van der Waals surface area contributed by atoms with E-state index in [1.165, 1.54) is 0 Å². The summed E-state index contributed by atoms with van der Waals surface area (Å²) >= 11 is 0. The molecule has 0 spiro atoms. The first-order chi connectivity index (χ1) is 16.7. The van der Waals surface area contributed by atoms with E-state index in [9.17, 15) is 4.79 Å². The van der Waals surface area contributed by atoms with Gasteiger partial charge in [-0.1, -0.05) is 55.3 Å². The van der Waals surface area contributed by atoms with Crippen LogP contribution in [0.5, 0.6) is 0 Å². The van der Waals surface area contributed by atoms with E-state index < -0.39 is 0 Å². The zero-order valence-electron chi connectivity index (χ0n) is 19.5. The third kappa shape index (κ3) is 4.89. The number of carbonyl (C=O) groups is 1. The largest absolute Gasteiger partial charge is 0.378 e. The number of ether oxygens (including phenoxy) is 1. The van der Waals surface area contributed by atoms with Crippen LogP contribution in [0.15, 0.2) is 54.5 Å². The van der Waals surface area contributed by atoms with Crippen LogP contribution in [0.2, 0.25) is 0 Å². The Morgan fingerprint density at radius 3 is 2.65 bits per heavy atom. The molecule has 0 radical (unpaired) electrons. The molecule has 178 valence electrons. The molecule has 1 saturated heterocycles. The van der Waals surface area contributed by atoms with E-state index in [0.717, 1.165) is 31.2 Å². The summed E-state index contributed by atoms with van der Waals surface area (Å²) in [5.41, 5.74) is 2.25. The number of amides is 1. The molecule has 2 heterocycles. The number of rotatable bonds is 6. The van der Waals surface area contributed by atoms with Crippen molar-refractivity contribution in [2.75, 3.05) is 31.2 Å². The number of hydrogen-bond acceptors (Lipinski definition) is 5. The summed E-state index contributed by atoms with van der Waals surface area (Å²) in [5, 5.41) is 0. The lowest BCUT2D eigenvalue weighted by Crippen LogP contribution is -2.40. The number of morpholine rings is 1. The van der Waals surface area contributed by atoms with Gasteiger partial charge < -0.3 is 14.5 Å². The Kier molecular flexibility index (Phi) is 7.00. The quantitative estimate of drug-likeness (QED) is 0.609. The van der Waals surface area contributed by atoms with Gasteiger partial charge in [0.1, 0.15) is 5.83 Å². The highest BCUT2D eigenvalue weighted by Crippen LogP contribution is 2.33. The lowest BCUT2D eigenvalue weighted by molar-refractivity contribution is 0.0663. The Morgan fingerprint density at radius 2 is 1.91 bits per heavy atom. The third-order valence-electron chi connectivity index (χ3n) is 6.88. The van der Waals surface area contributed by atoms with Crippen LogP contribution in [0.25, 0.3) is 5.57 Å². The van der Waals surface area contributed by atoms with Crippen molar-refractivity contribution in [1.29, 1.82) is 0 Å². The summed E-state index contributed by atoms with van der Waals surface area (Å²) in [6, 6.07) is 10.2. The molecule has 3 aliphatic rings. The number of carbonyl (C=O) groups excluding carboxylic acids is 1. The van der Waals surface area contributed by atoms with E-state index in [0.29, 0.717) is 68.5 Å². The molecule has 2 fully saturated rings. The summed E-state index contributed by atoms with van der Waals surface area (Å²) < 4.78 is 20.5. The minimum absolute atomic E-state index is 0.126. The molecule has 1 amide bonds. The lowest BCUT2D eigenvalue weighted by Gasteiger charge is -2.31. The molecule has 7 heteroatoms. The van der Waals surface area contributed by atoms with Crippen molar-refractivity contribution in [2.24, 2.45) is 0 Å². The standard InChI is InChI=1S/C27H31FN4O2/c28-24-13-7-6-12-22(24)25-23(18-29-27(30-25)31-14-16-34-17-15-31)26(33)32(21-10-4-5-11-21)19-20-8-2-1-3-9-20/h1-3,6,8-9,12,18,21H,4-5,7,10-11,13-17,19H2. The Balaban J connectivity index is 1.54. The van der Waals surface area contributed by atoms with Crippen LogP contribution in [-0.4, -0.2) is 53.1 Å². The van der Waals surface area contributed by atoms with Gasteiger partial charge in [-0.05, 0) is 24.8 Å². The Hall–Kier alpha value is -3.06. The van der Waals surface area contributed by atoms with Crippen LogP contribution in [0, 0.1) is 0 Å². The fraction of sp³-hybridized carbons (Fsp3) is 0.444. The molecule has 2 aliphatic carbocycles. The maximum atomic E-state index is 15.0. The number of benzene rings is 1. The van der Waals surface area contributed by atoms with Gasteiger partial charge in [-0.2, -0.15) is 0 Å². The van der Waals surface area contributed by atoms with Crippen molar-refractivity contribution in [2.45, 2.75) is 51.1 Å². The molecule has 0 unspecified atom stereocenters. The molecule has 0 bridgehead atoms. The predicted molar refractivity (Wildman–Crippen MR) is 130 cm³/mol. The first-order valence-corrected chi connectivity index (χ1v) is 12.3. The number of nitrogens with zero attached hydrogens (tertiary/aromatic N) is 4. The zero-order valence-corrected chi connectivity index (χ0v) is 19.5. The fourth-order valence-corrected chi connectivity index (χ4v) is 5.01. The summed E-state index contributed by atoms with van der Waals surface area (Å²) in [7, 11) is 0. The van der Waals surface area contributed by atoms with Crippen LogP contribution in [0.4, 0.5) is 10.3 Å². The molecule has 0 N–H and O–H groups in total. The van der Waals surface area contributed by atoms with Crippen molar-refractivity contribution in [3.8, 4) is 0 Å². The van der Waals surface area contributed by atoms with Gasteiger partial charge in [0.2, 0.25) is 5.95 Å². The summed E-state index contributed by atoms with van der Waals surface area (Å²) in [4.78, 5) is 27.4. The smallest absolute Gasteiger partial charge is 0.258 e. The molecular weight excluding hydrogens is 431 g/mol. The number of anilines is 1. The first kappa shape index (κ1) is 22.7. The van der Waals surface area contributed by atoms with Crippen molar-refractivity contribution in [1.82, 2.24) is 14.9 Å². The van der Waals surface area contributed by atoms with Crippen LogP contribution < -0.4 is 4.90 Å². The maximum Gasteiger partial charge on any atom is 0.258 e. The van der Waals surface area contributed by atoms with Gasteiger partial charge in [-0.15, -0.1) is 0 Å². The second-order valence-electron chi connectivity index (χ2n) is 9.15. The molecule has 5 rings (SSSR count). The van der Waals surface area contributed by atoms with Crippen LogP contribution >= 0.6 is 0 Å². The highest BCUT2D eigenvalue weighted by Gasteiger charge is 2.31. The van der Waals surface area contributed by atoms with Crippen LogP contribution in [-0.2, 0) is 11.3 Å². The maximum absolute atomic E-state index is 15.0. The third-order valence-corrected chi connectivity index (χ3v) is 6.88. The second-order valence-corrected chi connectivity index (χ2v) is 9.15. The van der Waals surface area contributed by atoms with E-state index in [-0.39, 0.29) is 17.8 Å². The lowest BCUT2D eigenvalue weighted by atomic mass is 9.98. The molecule has 6 nitrogen and oxygen atoms in total. The van der Waals surface area contributed by atoms with E-state index in [1.807, 2.05) is 46.2 Å². The molecule has 0 atom stereocenters. The van der Waals surface area contributed by atoms with Gasteiger partial charge in [0.15, 0.2) is 0 Å². The van der Waals surface area contributed by atoms with E-state index in [4.69, 9.17) is 9.72 Å². The topological polar surface area (TPSA) is 58.6 Å².